The lowest BCUT2D eigenvalue weighted by molar-refractivity contribution is -0.00115. The predicted molar refractivity (Wildman–Crippen MR) is 96.0 cm³/mol. The quantitative estimate of drug-likeness (QED) is 0.938. The van der Waals surface area contributed by atoms with Gasteiger partial charge in [0.1, 0.15) is 6.23 Å². The highest BCUT2D eigenvalue weighted by molar-refractivity contribution is 5.44. The molecule has 4 heteroatoms. The van der Waals surface area contributed by atoms with E-state index in [0.29, 0.717) is 5.92 Å². The normalized spacial score (nSPS) is 21.5. The third-order valence-corrected chi connectivity index (χ3v) is 5.20. The van der Waals surface area contributed by atoms with Gasteiger partial charge in [0.05, 0.1) is 6.61 Å². The Bertz CT molecular complexity index is 653. The molecule has 1 unspecified atom stereocenters. The molecular weight excluding hydrogens is 298 g/mol. The molecule has 2 aromatic rings. The molecule has 2 aliphatic rings. The molecular formula is C20H25N3O. The minimum absolute atomic E-state index is 0.0631. The fourth-order valence-corrected chi connectivity index (χ4v) is 3.76. The van der Waals surface area contributed by atoms with Crippen LogP contribution in [0.5, 0.6) is 0 Å². The minimum atomic E-state index is 0.0631. The minimum Gasteiger partial charge on any atom is -0.371 e. The van der Waals surface area contributed by atoms with Crippen molar-refractivity contribution in [3.63, 3.8) is 0 Å². The lowest BCUT2D eigenvalue weighted by Gasteiger charge is -2.34. The highest BCUT2D eigenvalue weighted by Crippen LogP contribution is 2.27. The van der Waals surface area contributed by atoms with Crippen molar-refractivity contribution >= 4 is 5.69 Å². The van der Waals surface area contributed by atoms with Crippen LogP contribution in [-0.4, -0.2) is 31.2 Å². The van der Waals surface area contributed by atoms with E-state index in [1.807, 2.05) is 12.4 Å². The molecule has 0 saturated carbocycles. The average molecular weight is 323 g/mol. The van der Waals surface area contributed by atoms with Gasteiger partial charge in [0.25, 0.3) is 0 Å². The van der Waals surface area contributed by atoms with Crippen molar-refractivity contribution in [2.45, 2.75) is 25.5 Å². The topological polar surface area (TPSA) is 37.4 Å². The number of pyridine rings is 1. The molecule has 24 heavy (non-hydrogen) atoms. The fourth-order valence-electron chi connectivity index (χ4n) is 3.76. The van der Waals surface area contributed by atoms with Crippen LogP contribution in [0.2, 0.25) is 0 Å². The van der Waals surface area contributed by atoms with E-state index in [1.165, 1.54) is 29.7 Å². The van der Waals surface area contributed by atoms with Gasteiger partial charge in [0.2, 0.25) is 0 Å². The van der Waals surface area contributed by atoms with Gasteiger partial charge in [-0.05, 0) is 48.4 Å². The Balaban J connectivity index is 1.29. The average Bonchev–Trinajstić information content (AvgIpc) is 2.67. The van der Waals surface area contributed by atoms with Crippen molar-refractivity contribution in [1.82, 2.24) is 10.3 Å². The second-order valence-corrected chi connectivity index (χ2v) is 6.75. The van der Waals surface area contributed by atoms with Crippen molar-refractivity contribution in [2.24, 2.45) is 5.92 Å². The number of anilines is 1. The van der Waals surface area contributed by atoms with E-state index >= 15 is 0 Å². The van der Waals surface area contributed by atoms with Gasteiger partial charge in [0.15, 0.2) is 0 Å². The molecule has 0 amide bonds. The van der Waals surface area contributed by atoms with Crippen LogP contribution in [0, 0.1) is 5.92 Å². The molecule has 1 N–H and O–H groups in total. The summed E-state index contributed by atoms with van der Waals surface area (Å²) in [7, 11) is 0. The standard InChI is InChI=1S/C20H25N3O/c1-2-4-19-17(3-1)5-12-22-20(19)24-15-16-8-13-23(14-9-16)18-6-10-21-11-7-18/h1-4,6-7,10-11,16,20,22H,5,8-9,12-15H2. The number of piperidine rings is 1. The monoisotopic (exact) mass is 323 g/mol. The maximum Gasteiger partial charge on any atom is 0.134 e. The van der Waals surface area contributed by atoms with Crippen LogP contribution in [0.1, 0.15) is 30.2 Å². The molecule has 4 rings (SSSR count). The van der Waals surface area contributed by atoms with Crippen LogP contribution >= 0.6 is 0 Å². The Hall–Kier alpha value is -1.91. The van der Waals surface area contributed by atoms with E-state index in [9.17, 15) is 0 Å². The summed E-state index contributed by atoms with van der Waals surface area (Å²) in [5, 5.41) is 3.51. The molecule has 1 fully saturated rings. The fraction of sp³-hybridized carbons (Fsp3) is 0.450. The summed E-state index contributed by atoms with van der Waals surface area (Å²) < 4.78 is 6.25. The highest BCUT2D eigenvalue weighted by Gasteiger charge is 2.23. The maximum absolute atomic E-state index is 6.25. The Kier molecular flexibility index (Phi) is 4.76. The van der Waals surface area contributed by atoms with Gasteiger partial charge in [0, 0.05) is 37.7 Å². The summed E-state index contributed by atoms with van der Waals surface area (Å²) in [5.41, 5.74) is 4.03. The van der Waals surface area contributed by atoms with Gasteiger partial charge >= 0.3 is 0 Å². The zero-order chi connectivity index (χ0) is 16.2. The molecule has 0 bridgehead atoms. The van der Waals surface area contributed by atoms with Gasteiger partial charge in [-0.25, -0.2) is 0 Å². The van der Waals surface area contributed by atoms with Crippen molar-refractivity contribution in [1.29, 1.82) is 0 Å². The first kappa shape index (κ1) is 15.6. The molecule has 0 radical (unpaired) electrons. The number of ether oxygens (including phenoxy) is 1. The number of rotatable bonds is 4. The van der Waals surface area contributed by atoms with Crippen molar-refractivity contribution in [3.8, 4) is 0 Å². The second kappa shape index (κ2) is 7.32. The van der Waals surface area contributed by atoms with Gasteiger partial charge in [-0.15, -0.1) is 0 Å². The number of nitrogens with one attached hydrogen (secondary N) is 1. The first-order chi connectivity index (χ1) is 11.9. The van der Waals surface area contributed by atoms with E-state index in [1.54, 1.807) is 0 Å². The van der Waals surface area contributed by atoms with Crippen LogP contribution in [0.15, 0.2) is 48.8 Å². The SMILES string of the molecule is c1ccc2c(c1)CCNC2OCC1CCN(c2ccncc2)CC1. The zero-order valence-corrected chi connectivity index (χ0v) is 14.0. The molecule has 3 heterocycles. The molecule has 1 saturated heterocycles. The second-order valence-electron chi connectivity index (χ2n) is 6.75. The summed E-state index contributed by atoms with van der Waals surface area (Å²) in [4.78, 5) is 6.55. The Morgan fingerprint density at radius 1 is 1.08 bits per heavy atom. The first-order valence-corrected chi connectivity index (χ1v) is 8.98. The van der Waals surface area contributed by atoms with Gasteiger partial charge in [-0.1, -0.05) is 24.3 Å². The lowest BCUT2D eigenvalue weighted by Crippen LogP contribution is -2.37. The number of benzene rings is 1. The lowest BCUT2D eigenvalue weighted by atomic mass is 9.97. The number of hydrogen-bond acceptors (Lipinski definition) is 4. The predicted octanol–water partition coefficient (Wildman–Crippen LogP) is 3.16. The third kappa shape index (κ3) is 3.45. The summed E-state index contributed by atoms with van der Waals surface area (Å²) in [6.45, 7) is 4.05. The van der Waals surface area contributed by atoms with Crippen LogP contribution in [0.4, 0.5) is 5.69 Å². The smallest absolute Gasteiger partial charge is 0.134 e. The first-order valence-electron chi connectivity index (χ1n) is 8.98. The Morgan fingerprint density at radius 2 is 1.88 bits per heavy atom. The molecule has 1 aromatic carbocycles. The van der Waals surface area contributed by atoms with E-state index < -0.39 is 0 Å². The largest absolute Gasteiger partial charge is 0.371 e. The Morgan fingerprint density at radius 3 is 2.71 bits per heavy atom. The van der Waals surface area contributed by atoms with Crippen molar-refractivity contribution in [3.05, 3.63) is 59.9 Å². The molecule has 0 spiro atoms. The van der Waals surface area contributed by atoms with Gasteiger partial charge in [-0.3, -0.25) is 10.3 Å². The van der Waals surface area contributed by atoms with E-state index in [0.717, 1.165) is 32.7 Å². The molecule has 0 aliphatic carbocycles. The van der Waals surface area contributed by atoms with Crippen LogP contribution in [0.3, 0.4) is 0 Å². The van der Waals surface area contributed by atoms with E-state index in [4.69, 9.17) is 4.74 Å². The summed E-state index contributed by atoms with van der Waals surface area (Å²) in [6, 6.07) is 12.8. The van der Waals surface area contributed by atoms with Crippen molar-refractivity contribution < 1.29 is 4.74 Å². The summed E-state index contributed by atoms with van der Waals surface area (Å²) >= 11 is 0. The van der Waals surface area contributed by atoms with Gasteiger partial charge < -0.3 is 9.64 Å². The number of aromatic nitrogens is 1. The van der Waals surface area contributed by atoms with Crippen LogP contribution < -0.4 is 10.2 Å². The number of nitrogens with zero attached hydrogens (tertiary/aromatic N) is 2. The number of hydrogen-bond donors (Lipinski definition) is 1. The molecule has 4 nitrogen and oxygen atoms in total. The summed E-state index contributed by atoms with van der Waals surface area (Å²) in [6.07, 6.45) is 7.29. The van der Waals surface area contributed by atoms with Crippen molar-refractivity contribution in [2.75, 3.05) is 31.1 Å². The van der Waals surface area contributed by atoms with E-state index in [2.05, 4.69) is 51.6 Å². The van der Waals surface area contributed by atoms with Gasteiger partial charge in [-0.2, -0.15) is 0 Å². The van der Waals surface area contributed by atoms with Crippen LogP contribution in [0.25, 0.3) is 0 Å². The molecule has 126 valence electrons. The highest BCUT2D eigenvalue weighted by atomic mass is 16.5. The number of fused-ring (bicyclic) bond motifs is 1. The maximum atomic E-state index is 6.25. The molecule has 1 atom stereocenters. The summed E-state index contributed by atoms with van der Waals surface area (Å²) in [5.74, 6) is 0.652. The third-order valence-electron chi connectivity index (χ3n) is 5.20. The zero-order valence-electron chi connectivity index (χ0n) is 14.0. The van der Waals surface area contributed by atoms with E-state index in [-0.39, 0.29) is 6.23 Å². The van der Waals surface area contributed by atoms with Crippen LogP contribution in [-0.2, 0) is 11.2 Å². The molecule has 1 aromatic heterocycles. The Labute approximate surface area is 143 Å². The molecule has 2 aliphatic heterocycles.